The second kappa shape index (κ2) is 8.20. The number of rotatable bonds is 7. The highest BCUT2D eigenvalue weighted by atomic mass is 16.2. The highest BCUT2D eigenvalue weighted by Crippen LogP contribution is 2.20. The number of nitrogens with zero attached hydrogens (tertiary/aromatic N) is 2. The number of nitrogens with two attached hydrogens (primary N) is 1. The molecule has 0 amide bonds. The fraction of sp³-hybridized carbons (Fsp3) is 1.00. The van der Waals surface area contributed by atoms with Crippen LogP contribution < -0.4 is 5.73 Å². The van der Waals surface area contributed by atoms with Crippen molar-refractivity contribution in [3.8, 4) is 0 Å². The lowest BCUT2D eigenvalue weighted by molar-refractivity contribution is 0.152. The van der Waals surface area contributed by atoms with Gasteiger partial charge in [-0.1, -0.05) is 12.8 Å². The first-order chi connectivity index (χ1) is 9.29. The molecular formula is C15H31N3O. The molecule has 2 fully saturated rings. The van der Waals surface area contributed by atoms with E-state index in [4.69, 9.17) is 10.8 Å². The highest BCUT2D eigenvalue weighted by Gasteiger charge is 2.29. The molecule has 0 aromatic carbocycles. The number of aliphatic hydroxyl groups excluding tert-OH is 1. The van der Waals surface area contributed by atoms with E-state index < -0.39 is 0 Å². The SMILES string of the molecule is NC1CCN(C2CCN(CCCCCCO)C2)CC1. The fourth-order valence-electron chi connectivity index (χ4n) is 3.40. The highest BCUT2D eigenvalue weighted by molar-refractivity contribution is 4.86. The largest absolute Gasteiger partial charge is 0.396 e. The number of likely N-dealkylation sites (tertiary alicyclic amines) is 2. The Labute approximate surface area is 117 Å². The zero-order chi connectivity index (χ0) is 13.5. The van der Waals surface area contributed by atoms with Crippen LogP contribution in [0.3, 0.4) is 0 Å². The lowest BCUT2D eigenvalue weighted by Crippen LogP contribution is -2.46. The molecule has 2 heterocycles. The van der Waals surface area contributed by atoms with E-state index in [2.05, 4.69) is 9.80 Å². The molecule has 0 aliphatic carbocycles. The van der Waals surface area contributed by atoms with Crippen molar-refractivity contribution in [3.63, 3.8) is 0 Å². The van der Waals surface area contributed by atoms with E-state index in [1.165, 1.54) is 71.2 Å². The Morgan fingerprint density at radius 3 is 2.42 bits per heavy atom. The Bertz CT molecular complexity index is 242. The topological polar surface area (TPSA) is 52.7 Å². The van der Waals surface area contributed by atoms with Crippen molar-refractivity contribution in [2.75, 3.05) is 39.3 Å². The van der Waals surface area contributed by atoms with Gasteiger partial charge >= 0.3 is 0 Å². The van der Waals surface area contributed by atoms with E-state index in [-0.39, 0.29) is 0 Å². The van der Waals surface area contributed by atoms with Crippen molar-refractivity contribution in [3.05, 3.63) is 0 Å². The molecule has 0 saturated carbocycles. The predicted molar refractivity (Wildman–Crippen MR) is 79.2 cm³/mol. The molecule has 2 saturated heterocycles. The molecule has 2 aliphatic heterocycles. The summed E-state index contributed by atoms with van der Waals surface area (Å²) in [6, 6.07) is 1.23. The predicted octanol–water partition coefficient (Wildman–Crippen LogP) is 1.04. The number of unbranched alkanes of at least 4 members (excludes halogenated alkanes) is 3. The minimum Gasteiger partial charge on any atom is -0.396 e. The van der Waals surface area contributed by atoms with Gasteiger partial charge in [-0.05, 0) is 58.3 Å². The van der Waals surface area contributed by atoms with Gasteiger partial charge in [0.1, 0.15) is 0 Å². The van der Waals surface area contributed by atoms with Crippen LogP contribution in [0.2, 0.25) is 0 Å². The summed E-state index contributed by atoms with van der Waals surface area (Å²) in [5.74, 6) is 0. The van der Waals surface area contributed by atoms with E-state index in [1.54, 1.807) is 0 Å². The van der Waals surface area contributed by atoms with Gasteiger partial charge in [0.15, 0.2) is 0 Å². The number of hydrogen-bond donors (Lipinski definition) is 2. The van der Waals surface area contributed by atoms with Crippen LogP contribution in [0.5, 0.6) is 0 Å². The average Bonchev–Trinajstić information content (AvgIpc) is 2.88. The molecule has 3 N–H and O–H groups in total. The molecule has 4 heteroatoms. The maximum atomic E-state index is 8.75. The van der Waals surface area contributed by atoms with E-state index in [0.29, 0.717) is 12.6 Å². The van der Waals surface area contributed by atoms with Crippen molar-refractivity contribution in [2.24, 2.45) is 5.73 Å². The smallest absolute Gasteiger partial charge is 0.0431 e. The summed E-state index contributed by atoms with van der Waals surface area (Å²) >= 11 is 0. The Balaban J connectivity index is 1.58. The van der Waals surface area contributed by atoms with Crippen molar-refractivity contribution in [1.29, 1.82) is 0 Å². The van der Waals surface area contributed by atoms with Crippen molar-refractivity contribution in [2.45, 2.75) is 57.0 Å². The summed E-state index contributed by atoms with van der Waals surface area (Å²) in [5, 5.41) is 8.75. The lowest BCUT2D eigenvalue weighted by atomic mass is 10.0. The molecule has 0 radical (unpaired) electrons. The third kappa shape index (κ3) is 5.03. The zero-order valence-corrected chi connectivity index (χ0v) is 12.3. The van der Waals surface area contributed by atoms with Crippen molar-refractivity contribution < 1.29 is 5.11 Å². The minimum absolute atomic E-state index is 0.350. The van der Waals surface area contributed by atoms with E-state index in [9.17, 15) is 0 Å². The zero-order valence-electron chi connectivity index (χ0n) is 12.3. The molecule has 1 atom stereocenters. The molecule has 0 spiro atoms. The molecule has 0 aromatic rings. The molecule has 0 bridgehead atoms. The Hall–Kier alpha value is -0.160. The van der Waals surface area contributed by atoms with Crippen LogP contribution in [0.1, 0.15) is 44.9 Å². The van der Waals surface area contributed by atoms with E-state index in [1.807, 2.05) is 0 Å². The standard InChI is InChI=1S/C15H31N3O/c16-14-5-10-18(11-6-14)15-7-9-17(13-15)8-3-1-2-4-12-19/h14-15,19H,1-13,16H2. The van der Waals surface area contributed by atoms with Gasteiger partial charge in [-0.15, -0.1) is 0 Å². The minimum atomic E-state index is 0.350. The molecule has 2 rings (SSSR count). The number of aliphatic hydroxyl groups is 1. The average molecular weight is 269 g/mol. The van der Waals surface area contributed by atoms with Crippen LogP contribution in [-0.4, -0.2) is 66.3 Å². The molecule has 2 aliphatic rings. The van der Waals surface area contributed by atoms with E-state index in [0.717, 1.165) is 12.5 Å². The van der Waals surface area contributed by atoms with E-state index >= 15 is 0 Å². The van der Waals surface area contributed by atoms with Gasteiger partial charge in [0.05, 0.1) is 0 Å². The van der Waals surface area contributed by atoms with Crippen LogP contribution in [0, 0.1) is 0 Å². The second-order valence-corrected chi connectivity index (χ2v) is 6.25. The van der Waals surface area contributed by atoms with Crippen molar-refractivity contribution >= 4 is 0 Å². The number of hydrogen-bond acceptors (Lipinski definition) is 4. The first-order valence-electron chi connectivity index (χ1n) is 8.12. The van der Waals surface area contributed by atoms with Gasteiger partial charge in [0.2, 0.25) is 0 Å². The Morgan fingerprint density at radius 1 is 0.947 bits per heavy atom. The Morgan fingerprint density at radius 2 is 1.68 bits per heavy atom. The van der Waals surface area contributed by atoms with Crippen LogP contribution >= 0.6 is 0 Å². The van der Waals surface area contributed by atoms with Crippen LogP contribution in [0.4, 0.5) is 0 Å². The van der Waals surface area contributed by atoms with Gasteiger partial charge in [-0.25, -0.2) is 0 Å². The third-order valence-electron chi connectivity index (χ3n) is 4.72. The summed E-state index contributed by atoms with van der Waals surface area (Å²) in [6.07, 6.45) is 8.40. The summed E-state index contributed by atoms with van der Waals surface area (Å²) in [6.45, 7) is 6.53. The van der Waals surface area contributed by atoms with Gasteiger partial charge in [-0.2, -0.15) is 0 Å². The van der Waals surface area contributed by atoms with Crippen LogP contribution in [0.25, 0.3) is 0 Å². The summed E-state index contributed by atoms with van der Waals surface area (Å²) in [7, 11) is 0. The molecule has 1 unspecified atom stereocenters. The molecule has 19 heavy (non-hydrogen) atoms. The van der Waals surface area contributed by atoms with Gasteiger partial charge in [0, 0.05) is 25.2 Å². The van der Waals surface area contributed by atoms with Gasteiger partial charge < -0.3 is 15.7 Å². The monoisotopic (exact) mass is 269 g/mol. The van der Waals surface area contributed by atoms with Gasteiger partial charge in [-0.3, -0.25) is 4.90 Å². The van der Waals surface area contributed by atoms with Crippen LogP contribution in [0.15, 0.2) is 0 Å². The molecule has 4 nitrogen and oxygen atoms in total. The first-order valence-corrected chi connectivity index (χ1v) is 8.12. The maximum absolute atomic E-state index is 8.75. The van der Waals surface area contributed by atoms with Crippen LogP contribution in [-0.2, 0) is 0 Å². The molecular weight excluding hydrogens is 238 g/mol. The lowest BCUT2D eigenvalue weighted by Gasteiger charge is -2.34. The molecule has 0 aromatic heterocycles. The third-order valence-corrected chi connectivity index (χ3v) is 4.72. The number of piperidine rings is 1. The summed E-state index contributed by atoms with van der Waals surface area (Å²) in [4.78, 5) is 5.28. The fourth-order valence-corrected chi connectivity index (χ4v) is 3.40. The Kier molecular flexibility index (Phi) is 6.57. The first kappa shape index (κ1) is 15.2. The second-order valence-electron chi connectivity index (χ2n) is 6.25. The summed E-state index contributed by atoms with van der Waals surface area (Å²) in [5.41, 5.74) is 5.97. The van der Waals surface area contributed by atoms with Crippen molar-refractivity contribution in [1.82, 2.24) is 9.80 Å². The van der Waals surface area contributed by atoms with Gasteiger partial charge in [0.25, 0.3) is 0 Å². The quantitative estimate of drug-likeness (QED) is 0.678. The summed E-state index contributed by atoms with van der Waals surface area (Å²) < 4.78 is 0. The molecule has 112 valence electrons. The normalized spacial score (nSPS) is 27.2. The maximum Gasteiger partial charge on any atom is 0.0431 e.